The van der Waals surface area contributed by atoms with Crippen molar-refractivity contribution >= 4 is 44.8 Å². The summed E-state index contributed by atoms with van der Waals surface area (Å²) in [6, 6.07) is 17.5. The molecule has 4 rings (SSSR count). The summed E-state index contributed by atoms with van der Waals surface area (Å²) in [5, 5.41) is 0.216. The number of hydrogen-bond acceptors (Lipinski definition) is 7. The molecule has 2 N–H and O–H groups in total. The van der Waals surface area contributed by atoms with E-state index in [0.29, 0.717) is 17.7 Å². The van der Waals surface area contributed by atoms with E-state index in [0.717, 1.165) is 16.1 Å². The Kier molecular flexibility index (Phi) is 8.12. The molecule has 1 heterocycles. The first-order valence-electron chi connectivity index (χ1n) is 11.7. The molecule has 1 aromatic heterocycles. The first kappa shape index (κ1) is 27.6. The molecule has 0 aliphatic rings. The lowest BCUT2D eigenvalue weighted by Crippen LogP contribution is -2.33. The van der Waals surface area contributed by atoms with Gasteiger partial charge in [-0.15, -0.1) is 0 Å². The minimum Gasteiger partial charge on any atom is -0.455 e. The zero-order valence-electron chi connectivity index (χ0n) is 20.9. The number of furan rings is 1. The number of benzene rings is 3. The van der Waals surface area contributed by atoms with Crippen LogP contribution in [0.1, 0.15) is 21.5 Å². The molecule has 9 nitrogen and oxygen atoms in total. The van der Waals surface area contributed by atoms with Gasteiger partial charge in [0.2, 0.25) is 10.0 Å². The zero-order chi connectivity index (χ0) is 28.2. The fraction of sp³-hybridized carbons (Fsp3) is 0.143. The average molecular weight is 553 g/mol. The van der Waals surface area contributed by atoms with E-state index in [4.69, 9.17) is 14.9 Å². The van der Waals surface area contributed by atoms with E-state index < -0.39 is 27.9 Å². The Morgan fingerprint density at radius 1 is 1.10 bits per heavy atom. The Morgan fingerprint density at radius 2 is 1.79 bits per heavy atom. The highest BCUT2D eigenvalue weighted by molar-refractivity contribution is 7.92. The van der Waals surface area contributed by atoms with Gasteiger partial charge in [-0.25, -0.2) is 22.4 Å². The third kappa shape index (κ3) is 6.33. The quantitative estimate of drug-likeness (QED) is 0.165. The van der Waals surface area contributed by atoms with Crippen LogP contribution in [0.25, 0.3) is 28.4 Å². The molecule has 0 bridgehead atoms. The molecule has 4 aromatic rings. The Morgan fingerprint density at radius 3 is 2.41 bits per heavy atom. The molecule has 0 spiro atoms. The van der Waals surface area contributed by atoms with Crippen molar-refractivity contribution in [1.82, 2.24) is 0 Å². The second-order valence-corrected chi connectivity index (χ2v) is 10.4. The van der Waals surface area contributed by atoms with Gasteiger partial charge in [-0.1, -0.05) is 43.0 Å². The lowest BCUT2D eigenvalue weighted by molar-refractivity contribution is 0.0640. The second-order valence-electron chi connectivity index (χ2n) is 8.51. The number of esters is 1. The number of carbonyl (C=O) groups excluding carboxylic acids is 2. The third-order valence-electron chi connectivity index (χ3n) is 5.78. The van der Waals surface area contributed by atoms with E-state index >= 15 is 0 Å². The van der Waals surface area contributed by atoms with Gasteiger partial charge in [0.15, 0.2) is 0 Å². The predicted octanol–water partition coefficient (Wildman–Crippen LogP) is 5.10. The molecule has 0 aliphatic carbocycles. The highest BCUT2D eigenvalue weighted by atomic mass is 32.2. The Balaban J connectivity index is 1.77. The number of rotatable bonds is 10. The molecular formula is C28H25FN2O7S. The first-order chi connectivity index (χ1) is 18.6. The van der Waals surface area contributed by atoms with Crippen LogP contribution in [0.3, 0.4) is 0 Å². The summed E-state index contributed by atoms with van der Waals surface area (Å²) >= 11 is 0. The van der Waals surface area contributed by atoms with Gasteiger partial charge in [0.1, 0.15) is 22.7 Å². The van der Waals surface area contributed by atoms with Gasteiger partial charge in [-0.3, -0.25) is 4.31 Å². The van der Waals surface area contributed by atoms with Crippen LogP contribution in [0, 0.1) is 5.82 Å². The van der Waals surface area contributed by atoms with Gasteiger partial charge >= 0.3 is 12.1 Å². The second kappa shape index (κ2) is 11.5. The molecule has 11 heteroatoms. The van der Waals surface area contributed by atoms with Crippen LogP contribution >= 0.6 is 0 Å². The largest absolute Gasteiger partial charge is 0.455 e. The molecule has 0 unspecified atom stereocenters. The lowest BCUT2D eigenvalue weighted by atomic mass is 10.0. The lowest BCUT2D eigenvalue weighted by Gasteiger charge is -2.24. The summed E-state index contributed by atoms with van der Waals surface area (Å²) in [6.45, 7) is 4.16. The summed E-state index contributed by atoms with van der Waals surface area (Å²) in [5.41, 5.74) is 6.88. The number of halogens is 1. The van der Waals surface area contributed by atoms with E-state index in [9.17, 15) is 22.4 Å². The number of fused-ring (bicyclic) bond motifs is 1. The zero-order valence-corrected chi connectivity index (χ0v) is 21.7. The third-order valence-corrected chi connectivity index (χ3v) is 6.96. The number of ether oxygens (including phenoxy) is 2. The van der Waals surface area contributed by atoms with E-state index in [-0.39, 0.29) is 41.1 Å². The van der Waals surface area contributed by atoms with Crippen LogP contribution in [0.2, 0.25) is 0 Å². The van der Waals surface area contributed by atoms with Gasteiger partial charge in [0.25, 0.3) is 0 Å². The summed E-state index contributed by atoms with van der Waals surface area (Å²) in [4.78, 5) is 24.2. The van der Waals surface area contributed by atoms with E-state index in [1.165, 1.54) is 42.5 Å². The molecule has 0 saturated heterocycles. The number of nitrogens with two attached hydrogens (primary N) is 1. The highest BCUT2D eigenvalue weighted by Crippen LogP contribution is 2.38. The molecule has 0 radical (unpaired) electrons. The number of nitrogens with zero attached hydrogens (tertiary/aromatic N) is 1. The monoisotopic (exact) mass is 552 g/mol. The summed E-state index contributed by atoms with van der Waals surface area (Å²) in [7, 11) is -3.79. The maximum Gasteiger partial charge on any atom is 0.412 e. The summed E-state index contributed by atoms with van der Waals surface area (Å²) < 4.78 is 56.6. The van der Waals surface area contributed by atoms with Crippen LogP contribution < -0.4 is 10.0 Å². The minimum atomic E-state index is -3.79. The number of carbonyl (C=O) groups is 2. The van der Waals surface area contributed by atoms with E-state index in [2.05, 4.69) is 11.3 Å². The van der Waals surface area contributed by atoms with Gasteiger partial charge in [0, 0.05) is 17.0 Å². The van der Waals surface area contributed by atoms with Crippen LogP contribution in [-0.4, -0.2) is 39.9 Å². The standard InChI is InChI=1S/C28H25FN2O7S/c1-3-19-15-22-24(37-26(20-9-11-21(29)12-10-20)25(22)27(32)38-28(30)33)16-23(19)31(39(2,34)35)13-14-36-17-18-7-5-4-6-8-18/h3-12,15-16H,1,13-14,17H2,2H3,(H2,30,33). The van der Waals surface area contributed by atoms with Gasteiger partial charge < -0.3 is 19.6 Å². The van der Waals surface area contributed by atoms with Crippen LogP contribution in [0.15, 0.2) is 77.7 Å². The average Bonchev–Trinajstić information content (AvgIpc) is 3.26. The molecule has 0 atom stereocenters. The first-order valence-corrected chi connectivity index (χ1v) is 13.5. The molecule has 1 amide bonds. The molecule has 0 fully saturated rings. The van der Waals surface area contributed by atoms with Crippen molar-refractivity contribution in [3.63, 3.8) is 0 Å². The van der Waals surface area contributed by atoms with Crippen molar-refractivity contribution in [3.05, 3.63) is 95.8 Å². The molecular weight excluding hydrogens is 527 g/mol. The normalized spacial score (nSPS) is 11.3. The van der Waals surface area contributed by atoms with E-state index in [1.807, 2.05) is 30.3 Å². The Bertz CT molecular complexity index is 1630. The van der Waals surface area contributed by atoms with Gasteiger partial charge in [-0.05, 0) is 41.5 Å². The van der Waals surface area contributed by atoms with Gasteiger partial charge in [0.05, 0.1) is 31.7 Å². The number of sulfonamides is 1. The Labute approximate surface area is 224 Å². The van der Waals surface area contributed by atoms with Crippen molar-refractivity contribution in [1.29, 1.82) is 0 Å². The van der Waals surface area contributed by atoms with Crippen molar-refractivity contribution in [3.8, 4) is 11.3 Å². The van der Waals surface area contributed by atoms with Crippen LogP contribution in [-0.2, 0) is 26.1 Å². The summed E-state index contributed by atoms with van der Waals surface area (Å²) in [5.74, 6) is -1.61. The maximum absolute atomic E-state index is 13.5. The number of anilines is 1. The fourth-order valence-electron chi connectivity index (χ4n) is 4.05. The fourth-order valence-corrected chi connectivity index (χ4v) is 4.98. The Hall–Kier alpha value is -4.48. The summed E-state index contributed by atoms with van der Waals surface area (Å²) in [6.07, 6.45) is 1.16. The van der Waals surface area contributed by atoms with Crippen molar-refractivity contribution in [2.45, 2.75) is 6.61 Å². The SMILES string of the molecule is C=Cc1cc2c(C(=O)OC(N)=O)c(-c3ccc(F)cc3)oc2cc1N(CCOCc1ccccc1)S(C)(=O)=O. The minimum absolute atomic E-state index is 0.0134. The van der Waals surface area contributed by atoms with E-state index in [1.54, 1.807) is 0 Å². The smallest absolute Gasteiger partial charge is 0.412 e. The van der Waals surface area contributed by atoms with Crippen molar-refractivity contribution < 1.29 is 36.3 Å². The predicted molar refractivity (Wildman–Crippen MR) is 145 cm³/mol. The maximum atomic E-state index is 13.5. The topological polar surface area (TPSA) is 129 Å². The molecule has 0 aliphatic heterocycles. The van der Waals surface area contributed by atoms with Crippen molar-refractivity contribution in [2.24, 2.45) is 5.73 Å². The number of primary amides is 1. The van der Waals surface area contributed by atoms with Crippen LogP contribution in [0.5, 0.6) is 0 Å². The van der Waals surface area contributed by atoms with Crippen molar-refractivity contribution in [2.75, 3.05) is 23.7 Å². The highest BCUT2D eigenvalue weighted by Gasteiger charge is 2.28. The van der Waals surface area contributed by atoms with Crippen LogP contribution in [0.4, 0.5) is 14.9 Å². The number of amides is 1. The molecule has 3 aromatic carbocycles. The number of hydrogen-bond donors (Lipinski definition) is 1. The molecule has 202 valence electrons. The molecule has 0 saturated carbocycles. The van der Waals surface area contributed by atoms with Gasteiger partial charge in [-0.2, -0.15) is 0 Å². The molecule has 39 heavy (non-hydrogen) atoms.